The van der Waals surface area contributed by atoms with Gasteiger partial charge in [0.1, 0.15) is 0 Å². The molecular weight excluding hydrogens is 1650 g/mol. The first-order chi connectivity index (χ1) is 28.6. The van der Waals surface area contributed by atoms with Gasteiger partial charge in [-0.15, -0.1) is 23.2 Å². The molecule has 0 aromatic carbocycles. The summed E-state index contributed by atoms with van der Waals surface area (Å²) in [7, 11) is -12.7. The molecule has 0 heterocycles. The molecule has 0 aliphatic heterocycles. The monoisotopic (exact) mass is 1680 g/mol. The Morgan fingerprint density at radius 1 is 0.371 bits per heavy atom. The van der Waals surface area contributed by atoms with Crippen molar-refractivity contribution in [3.63, 3.8) is 0 Å². The van der Waals surface area contributed by atoms with E-state index in [0.717, 1.165) is 0 Å². The van der Waals surface area contributed by atoms with Crippen LogP contribution in [0.5, 0.6) is 0 Å². The Hall–Kier alpha value is 2.46. The Balaban J connectivity index is -0.000000121. The number of rotatable bonds is 20. The van der Waals surface area contributed by atoms with Gasteiger partial charge in [-0.25, -0.2) is 6.57 Å². The largest absolute Gasteiger partial charge is 2.00 e. The van der Waals surface area contributed by atoms with Gasteiger partial charge in [-0.3, -0.25) is 0 Å². The van der Waals surface area contributed by atoms with E-state index < -0.39 is 136 Å². The van der Waals surface area contributed by atoms with Gasteiger partial charge in [0.05, 0.1) is 5.34 Å². The molecule has 46 heteroatoms. The summed E-state index contributed by atoms with van der Waals surface area (Å²) < 4.78 is 325. The quantitative estimate of drug-likeness (QED) is 0.0513. The Morgan fingerprint density at radius 2 is 0.457 bits per heavy atom. The SMILES string of the molecule is CN(P(OCC(F)(F)F)OCC(F)(F)F)P(OCC(F)(F)F)OCC(F)(F)F.CN(P(OCC(F)(F)F)OCC(F)(F)F)P(OCC(F)(F)F)OCC(F)(F)F.ClCCl.[Br-].[Br-].[Br-].[C-]#[N+]C(C)(C)C.[Pt+2].[Rh]. The maximum atomic E-state index is 12.2. The van der Waals surface area contributed by atoms with Crippen molar-refractivity contribution < 1.29 is 233 Å². The van der Waals surface area contributed by atoms with E-state index in [1.807, 2.05) is 20.8 Å². The molecule has 0 rings (SSSR count). The molecule has 0 saturated carbocycles. The van der Waals surface area contributed by atoms with Gasteiger partial charge in [0.2, 0.25) is 5.54 Å². The van der Waals surface area contributed by atoms with Gasteiger partial charge < -0.3 is 92.0 Å². The molecule has 0 spiro atoms. The maximum Gasteiger partial charge on any atom is 2.00 e. The van der Waals surface area contributed by atoms with Crippen molar-refractivity contribution in [1.82, 2.24) is 8.88 Å². The normalized spacial score (nSPS) is 12.8. The Morgan fingerprint density at radius 3 is 0.514 bits per heavy atom. The molecule has 0 aliphatic carbocycles. The second-order valence-corrected chi connectivity index (χ2v) is 19.2. The van der Waals surface area contributed by atoms with Crippen molar-refractivity contribution in [3.05, 3.63) is 11.4 Å². The Bertz CT molecular complexity index is 1080. The van der Waals surface area contributed by atoms with Crippen LogP contribution in [0.2, 0.25) is 0 Å². The molecule has 0 fully saturated rings. The summed E-state index contributed by atoms with van der Waals surface area (Å²) in [4.78, 5) is 3.27. The molecule has 11 nitrogen and oxygen atoms in total. The molecule has 435 valence electrons. The van der Waals surface area contributed by atoms with Crippen LogP contribution in [-0.4, -0.2) is 136 Å². The number of alkyl halides is 26. The van der Waals surface area contributed by atoms with E-state index in [4.69, 9.17) is 29.8 Å². The van der Waals surface area contributed by atoms with Gasteiger partial charge in [0.15, 0.2) is 52.9 Å². The molecule has 0 aromatic rings. The van der Waals surface area contributed by atoms with Gasteiger partial charge in [-0.05, 0) is 0 Å². The third kappa shape index (κ3) is 70.5. The van der Waals surface area contributed by atoms with Crippen molar-refractivity contribution in [3.8, 4) is 0 Å². The van der Waals surface area contributed by atoms with Crippen LogP contribution in [0.15, 0.2) is 0 Å². The first-order valence-corrected chi connectivity index (χ1v) is 20.9. The maximum absolute atomic E-state index is 12.2. The predicted molar refractivity (Wildman–Crippen MR) is 182 cm³/mol. The van der Waals surface area contributed by atoms with Crippen molar-refractivity contribution in [1.29, 1.82) is 0 Å². The first kappa shape index (κ1) is 91.9. The van der Waals surface area contributed by atoms with E-state index in [2.05, 4.69) is 41.0 Å². The topological polar surface area (TPSA) is 84.7 Å². The van der Waals surface area contributed by atoms with Gasteiger partial charge in [-0.2, -0.15) is 114 Å². The van der Waals surface area contributed by atoms with Crippen molar-refractivity contribution >= 4 is 57.3 Å². The molecular formula is C24H33Br3Cl2F24N3O8P4PtRh-. The standard InChI is InChI=1S/2C9H11F12NO4P2.C5H9N.CH2Cl2.3BrH.Pt.Rh/c2*1-22(27(23-2-6(10,11)12)24-3-7(13,14)15)28(25-4-8(16,17)18)26-5-9(19,20)21;1-5(2,3)6-4;2-1-3;;;;;/h2*2-5H2,1H3;1-3H3;1H2;3*1H;;/q;;;;;;;+2;/p-3. The van der Waals surface area contributed by atoms with Crippen molar-refractivity contribution in [2.75, 3.05) is 72.3 Å². The van der Waals surface area contributed by atoms with Crippen LogP contribution < -0.4 is 50.9 Å². The molecule has 1 radical (unpaired) electrons. The van der Waals surface area contributed by atoms with Crippen LogP contribution >= 0.6 is 57.3 Å². The minimum absolute atomic E-state index is 0. The number of nitrogens with zero attached hydrogens (tertiary/aromatic N) is 3. The Kier molecular flexibility index (Phi) is 54.5. The van der Waals surface area contributed by atoms with Crippen LogP contribution in [0.25, 0.3) is 4.85 Å². The number of halogens is 29. The van der Waals surface area contributed by atoms with Crippen LogP contribution in [-0.2, 0) is 76.7 Å². The molecule has 0 aliphatic rings. The zero-order valence-corrected chi connectivity index (χ0v) is 48.1. The molecule has 0 unspecified atom stereocenters. The molecule has 0 aromatic heterocycles. The van der Waals surface area contributed by atoms with Crippen LogP contribution in [0.3, 0.4) is 0 Å². The summed E-state index contributed by atoms with van der Waals surface area (Å²) in [5.74, 6) is 0. The van der Waals surface area contributed by atoms with Crippen molar-refractivity contribution in [2.24, 2.45) is 0 Å². The van der Waals surface area contributed by atoms with Gasteiger partial charge in [0.25, 0.3) is 34.1 Å². The summed E-state index contributed by atoms with van der Waals surface area (Å²) in [6.07, 6.45) is -40.6. The van der Waals surface area contributed by atoms with E-state index in [9.17, 15) is 105 Å². The molecule has 0 saturated heterocycles. The minimum Gasteiger partial charge on any atom is -1.00 e. The first-order valence-electron chi connectivity index (χ1n) is 15.3. The fraction of sp³-hybridized carbons (Fsp3) is 0.958. The average Bonchev–Trinajstić information content (AvgIpc) is 3.04. The van der Waals surface area contributed by atoms with E-state index in [1.54, 1.807) is 0 Å². The molecule has 0 N–H and O–H groups in total. The Labute approximate surface area is 455 Å². The molecule has 0 bridgehead atoms. The summed E-state index contributed by atoms with van der Waals surface area (Å²) in [5.41, 5.74) is -0.167. The predicted octanol–water partition coefficient (Wildman–Crippen LogP) is 5.51. The van der Waals surface area contributed by atoms with Gasteiger partial charge >= 0.3 is 70.5 Å². The minimum atomic E-state index is -5.08. The summed E-state index contributed by atoms with van der Waals surface area (Å²) >= 11 is 9.53. The molecule has 70 heavy (non-hydrogen) atoms. The van der Waals surface area contributed by atoms with Gasteiger partial charge in [-0.1, -0.05) is 0 Å². The van der Waals surface area contributed by atoms with Crippen LogP contribution in [0.1, 0.15) is 20.8 Å². The number of hydrogen-bond donors (Lipinski definition) is 0. The van der Waals surface area contributed by atoms with E-state index in [-0.39, 0.29) is 111 Å². The zero-order chi connectivity index (χ0) is 52.7. The summed E-state index contributed by atoms with van der Waals surface area (Å²) in [6.45, 7) is -5.39. The second-order valence-electron chi connectivity index (χ2n) is 11.4. The number of hydrogen-bond acceptors (Lipinski definition) is 10. The van der Waals surface area contributed by atoms with E-state index >= 15 is 0 Å². The summed E-state index contributed by atoms with van der Waals surface area (Å²) in [6, 6.07) is 0. The average molecular weight is 1680 g/mol. The van der Waals surface area contributed by atoms with Crippen LogP contribution in [0.4, 0.5) is 105 Å². The fourth-order valence-electron chi connectivity index (χ4n) is 1.96. The second kappa shape index (κ2) is 41.5. The van der Waals surface area contributed by atoms with Crippen LogP contribution in [0, 0.1) is 6.57 Å². The third-order valence-corrected chi connectivity index (χ3v) is 10.4. The van der Waals surface area contributed by atoms with Crippen molar-refractivity contribution in [2.45, 2.75) is 75.7 Å². The zero-order valence-electron chi connectivity index (χ0n) is 34.4. The summed E-state index contributed by atoms with van der Waals surface area (Å²) in [5, 5.41) is 0.194. The molecule has 0 amide bonds. The fourth-order valence-corrected chi connectivity index (χ4v) is 7.85. The third-order valence-electron chi connectivity index (χ3n) is 3.99. The smallest absolute Gasteiger partial charge is 1.00 e. The van der Waals surface area contributed by atoms with E-state index in [0.29, 0.717) is 14.1 Å². The molecule has 0 atom stereocenters. The van der Waals surface area contributed by atoms with E-state index in [1.165, 1.54) is 0 Å². The van der Waals surface area contributed by atoms with Gasteiger partial charge in [0, 0.05) is 54.3 Å².